The first-order chi connectivity index (χ1) is 18.1. The molecule has 37 heavy (non-hydrogen) atoms. The molecule has 0 amide bonds. The van der Waals surface area contributed by atoms with Gasteiger partial charge < -0.3 is 33.5 Å². The molecule has 1 aromatic carbocycles. The number of ether oxygens (including phenoxy) is 5. The summed E-state index contributed by atoms with van der Waals surface area (Å²) >= 11 is 5.88. The quantitative estimate of drug-likeness (QED) is 0.320. The van der Waals surface area contributed by atoms with Crippen LogP contribution in [0.4, 0.5) is 0 Å². The van der Waals surface area contributed by atoms with E-state index < -0.39 is 5.03 Å². The largest absolute Gasteiger partial charge is 0.487 e. The van der Waals surface area contributed by atoms with E-state index >= 15 is 0 Å². The molecule has 0 atom stereocenters. The average Bonchev–Trinajstić information content (AvgIpc) is 3.23. The van der Waals surface area contributed by atoms with Gasteiger partial charge in [0, 0.05) is 32.4 Å². The van der Waals surface area contributed by atoms with E-state index in [1.54, 1.807) is 12.3 Å². The zero-order valence-corrected chi connectivity index (χ0v) is 21.2. The van der Waals surface area contributed by atoms with Crippen LogP contribution in [0.25, 0.3) is 0 Å². The molecule has 0 saturated carbocycles. The van der Waals surface area contributed by atoms with E-state index in [9.17, 15) is 10.1 Å². The molecule has 2 aliphatic rings. The second-order valence-electron chi connectivity index (χ2n) is 8.29. The van der Waals surface area contributed by atoms with Crippen LogP contribution < -0.4 is 9.47 Å². The van der Waals surface area contributed by atoms with Crippen LogP contribution in [-0.4, -0.2) is 91.7 Å². The van der Waals surface area contributed by atoms with Crippen molar-refractivity contribution in [1.29, 1.82) is 0 Å². The summed E-state index contributed by atoms with van der Waals surface area (Å²) in [4.78, 5) is 19.1. The summed E-state index contributed by atoms with van der Waals surface area (Å²) in [6.07, 6.45) is 1.66. The molecule has 1 fully saturated rings. The maximum Gasteiger partial charge on any atom is 0.274 e. The Hall–Kier alpha value is -3.19. The molecule has 4 rings (SSSR count). The molecule has 200 valence electrons. The van der Waals surface area contributed by atoms with Crippen molar-refractivity contribution in [2.45, 2.75) is 13.1 Å². The first kappa shape index (κ1) is 26.9. The fourth-order valence-corrected chi connectivity index (χ4v) is 4.04. The molecule has 1 aromatic heterocycles. The summed E-state index contributed by atoms with van der Waals surface area (Å²) in [5, 5.41) is 14.7. The topological polar surface area (TPSA) is 121 Å². The van der Waals surface area contributed by atoms with E-state index in [1.165, 1.54) is 0 Å². The van der Waals surface area contributed by atoms with Gasteiger partial charge in [-0.05, 0) is 29.3 Å². The second-order valence-corrected chi connectivity index (χ2v) is 8.67. The Morgan fingerprint density at radius 2 is 1.41 bits per heavy atom. The number of fused-ring (bicyclic) bond motifs is 1. The number of halogens is 1. The van der Waals surface area contributed by atoms with Crippen molar-refractivity contribution in [2.24, 2.45) is 5.10 Å². The fourth-order valence-electron chi connectivity index (χ4n) is 3.93. The van der Waals surface area contributed by atoms with Crippen LogP contribution in [0.15, 0.2) is 41.6 Å². The minimum atomic E-state index is -0.670. The van der Waals surface area contributed by atoms with Crippen LogP contribution >= 0.6 is 11.6 Å². The zero-order valence-electron chi connectivity index (χ0n) is 20.4. The van der Waals surface area contributed by atoms with Crippen molar-refractivity contribution in [3.05, 3.63) is 62.9 Å². The summed E-state index contributed by atoms with van der Waals surface area (Å²) < 4.78 is 28.3. The van der Waals surface area contributed by atoms with Gasteiger partial charge in [-0.25, -0.2) is 15.1 Å². The first-order valence-electron chi connectivity index (χ1n) is 12.0. The first-order valence-corrected chi connectivity index (χ1v) is 12.4. The van der Waals surface area contributed by atoms with Crippen molar-refractivity contribution in [2.75, 3.05) is 65.9 Å². The number of rotatable bonds is 5. The van der Waals surface area contributed by atoms with Crippen LogP contribution in [-0.2, 0) is 27.3 Å². The summed E-state index contributed by atoms with van der Waals surface area (Å²) in [6, 6.07) is 9.17. The number of hydrazone groups is 1. The lowest BCUT2D eigenvalue weighted by molar-refractivity contribution is -0.486. The summed E-state index contributed by atoms with van der Waals surface area (Å²) in [5.41, 5.74) is 1.78. The molecule has 0 unspecified atom stereocenters. The lowest BCUT2D eigenvalue weighted by atomic mass is 10.2. The molecule has 0 bridgehead atoms. The Kier molecular flexibility index (Phi) is 10.1. The molecule has 3 heterocycles. The van der Waals surface area contributed by atoms with Crippen LogP contribution in [0, 0.1) is 10.1 Å². The Morgan fingerprint density at radius 1 is 0.838 bits per heavy atom. The zero-order chi connectivity index (χ0) is 25.9. The van der Waals surface area contributed by atoms with Gasteiger partial charge in [0.25, 0.3) is 5.96 Å². The van der Waals surface area contributed by atoms with Crippen molar-refractivity contribution in [3.63, 3.8) is 0 Å². The van der Waals surface area contributed by atoms with E-state index in [0.29, 0.717) is 102 Å². The number of aromatic nitrogens is 1. The third-order valence-corrected chi connectivity index (χ3v) is 5.86. The number of hydrogen-bond donors (Lipinski definition) is 0. The van der Waals surface area contributed by atoms with E-state index in [4.69, 9.17) is 35.3 Å². The summed E-state index contributed by atoms with van der Waals surface area (Å²) in [5.74, 6) is 1.46. The number of nitro groups is 1. The standard InChI is InChI=1S/C24H30ClN5O7/c25-23-4-2-20(16-26-23)18-29-6-5-28(24(29)27-30(31)32)17-19-1-3-21-22(15-19)37-14-12-35-10-8-33-7-9-34-11-13-36-21/h1-4,15-16H,5-14,17-18H2/b27-24-. The van der Waals surface area contributed by atoms with Gasteiger partial charge in [-0.15, -0.1) is 0 Å². The highest BCUT2D eigenvalue weighted by molar-refractivity contribution is 6.29. The van der Waals surface area contributed by atoms with Gasteiger partial charge in [0.05, 0.1) is 39.6 Å². The average molecular weight is 536 g/mol. The van der Waals surface area contributed by atoms with Crippen LogP contribution in [0.5, 0.6) is 11.5 Å². The minimum absolute atomic E-state index is 0.293. The Labute approximate surface area is 219 Å². The Morgan fingerprint density at radius 3 is 2.00 bits per heavy atom. The highest BCUT2D eigenvalue weighted by Gasteiger charge is 2.30. The molecule has 0 aliphatic carbocycles. The highest BCUT2D eigenvalue weighted by Crippen LogP contribution is 2.30. The summed E-state index contributed by atoms with van der Waals surface area (Å²) in [6.45, 7) is 5.52. The van der Waals surface area contributed by atoms with Crippen LogP contribution in [0.2, 0.25) is 5.15 Å². The SMILES string of the molecule is O=[N+]([O-])/N=C1\N(Cc2ccc(Cl)nc2)CCN1Cc1ccc2c(c1)OCCOCCOCCOCCO2. The molecule has 13 heteroatoms. The second kappa shape index (κ2) is 13.9. The maximum absolute atomic E-state index is 11.3. The number of benzene rings is 1. The van der Waals surface area contributed by atoms with Crippen molar-refractivity contribution in [3.8, 4) is 11.5 Å². The van der Waals surface area contributed by atoms with Gasteiger partial charge in [-0.3, -0.25) is 0 Å². The summed E-state index contributed by atoms with van der Waals surface area (Å²) in [7, 11) is 0. The van der Waals surface area contributed by atoms with E-state index in [-0.39, 0.29) is 0 Å². The van der Waals surface area contributed by atoms with Crippen molar-refractivity contribution in [1.82, 2.24) is 14.8 Å². The van der Waals surface area contributed by atoms with Gasteiger partial charge in [0.1, 0.15) is 23.5 Å². The molecule has 2 aromatic rings. The lowest BCUT2D eigenvalue weighted by Crippen LogP contribution is -2.34. The normalized spacial score (nSPS) is 18.9. The maximum atomic E-state index is 11.3. The Balaban J connectivity index is 1.45. The predicted octanol–water partition coefficient (Wildman–Crippen LogP) is 2.42. The van der Waals surface area contributed by atoms with Gasteiger partial charge >= 0.3 is 0 Å². The van der Waals surface area contributed by atoms with Gasteiger partial charge in [-0.1, -0.05) is 23.7 Å². The molecule has 0 spiro atoms. The number of hydrogen-bond acceptors (Lipinski definition) is 8. The van der Waals surface area contributed by atoms with E-state index in [1.807, 2.05) is 34.1 Å². The van der Waals surface area contributed by atoms with E-state index in [2.05, 4.69) is 10.1 Å². The van der Waals surface area contributed by atoms with Crippen LogP contribution in [0.3, 0.4) is 0 Å². The molecule has 12 nitrogen and oxygen atoms in total. The van der Waals surface area contributed by atoms with Gasteiger partial charge in [-0.2, -0.15) is 0 Å². The number of nitrogens with zero attached hydrogens (tertiary/aromatic N) is 5. The van der Waals surface area contributed by atoms with Gasteiger partial charge in [0.15, 0.2) is 16.5 Å². The lowest BCUT2D eigenvalue weighted by Gasteiger charge is -2.21. The van der Waals surface area contributed by atoms with Crippen LogP contribution in [0.1, 0.15) is 11.1 Å². The third kappa shape index (κ3) is 8.42. The molecular weight excluding hydrogens is 506 g/mol. The smallest absolute Gasteiger partial charge is 0.274 e. The predicted molar refractivity (Wildman–Crippen MR) is 134 cm³/mol. The van der Waals surface area contributed by atoms with E-state index in [0.717, 1.165) is 11.1 Å². The highest BCUT2D eigenvalue weighted by atomic mass is 35.5. The number of pyridine rings is 1. The Bertz CT molecular complexity index is 1060. The molecular formula is C24H30ClN5O7. The minimum Gasteiger partial charge on any atom is -0.487 e. The molecule has 2 aliphatic heterocycles. The third-order valence-electron chi connectivity index (χ3n) is 5.63. The number of guanidine groups is 1. The molecule has 0 radical (unpaired) electrons. The molecule has 0 N–H and O–H groups in total. The molecule has 1 saturated heterocycles. The monoisotopic (exact) mass is 535 g/mol. The van der Waals surface area contributed by atoms with Gasteiger partial charge in [0.2, 0.25) is 0 Å². The van der Waals surface area contributed by atoms with Crippen molar-refractivity contribution >= 4 is 17.6 Å². The van der Waals surface area contributed by atoms with Crippen molar-refractivity contribution < 1.29 is 28.7 Å². The fraction of sp³-hybridized carbons (Fsp3) is 0.500.